The zero-order valence-electron chi connectivity index (χ0n) is 15.3. The summed E-state index contributed by atoms with van der Waals surface area (Å²) in [5, 5.41) is 14.3. The van der Waals surface area contributed by atoms with Crippen molar-refractivity contribution in [3.05, 3.63) is 77.4 Å². The molecule has 3 aromatic rings. The van der Waals surface area contributed by atoms with Crippen LogP contribution in [-0.4, -0.2) is 12.5 Å². The van der Waals surface area contributed by atoms with Gasteiger partial charge in [0.25, 0.3) is 5.91 Å². The SMILES string of the molecule is CCOc1ccc2ccccc2c1/C=C(/C#N)C(=O)Nc1cccc(C)c1. The highest BCUT2D eigenvalue weighted by atomic mass is 16.5. The van der Waals surface area contributed by atoms with E-state index in [4.69, 9.17) is 4.74 Å². The van der Waals surface area contributed by atoms with E-state index in [2.05, 4.69) is 5.32 Å². The molecule has 0 heterocycles. The molecule has 0 radical (unpaired) electrons. The third-order valence-corrected chi connectivity index (χ3v) is 4.16. The van der Waals surface area contributed by atoms with E-state index in [1.807, 2.05) is 74.5 Å². The van der Waals surface area contributed by atoms with Gasteiger partial charge in [0.05, 0.1) is 6.61 Å². The maximum absolute atomic E-state index is 12.6. The van der Waals surface area contributed by atoms with Gasteiger partial charge in [-0.3, -0.25) is 4.79 Å². The molecule has 3 aromatic carbocycles. The summed E-state index contributed by atoms with van der Waals surface area (Å²) >= 11 is 0. The number of ether oxygens (including phenoxy) is 1. The van der Waals surface area contributed by atoms with Crippen LogP contribution in [0.1, 0.15) is 18.1 Å². The number of nitrogens with one attached hydrogen (secondary N) is 1. The lowest BCUT2D eigenvalue weighted by Crippen LogP contribution is -2.13. The van der Waals surface area contributed by atoms with Crippen molar-refractivity contribution >= 4 is 28.4 Å². The maximum atomic E-state index is 12.6. The summed E-state index contributed by atoms with van der Waals surface area (Å²) in [4.78, 5) is 12.6. The minimum atomic E-state index is -0.446. The van der Waals surface area contributed by atoms with Crippen molar-refractivity contribution in [2.75, 3.05) is 11.9 Å². The molecule has 0 aromatic heterocycles. The monoisotopic (exact) mass is 356 g/mol. The number of anilines is 1. The van der Waals surface area contributed by atoms with Crippen LogP contribution in [0.15, 0.2) is 66.2 Å². The van der Waals surface area contributed by atoms with Gasteiger partial charge in [-0.2, -0.15) is 5.26 Å². The highest BCUT2D eigenvalue weighted by Crippen LogP contribution is 2.30. The highest BCUT2D eigenvalue weighted by Gasteiger charge is 2.13. The third-order valence-electron chi connectivity index (χ3n) is 4.16. The Morgan fingerprint density at radius 2 is 1.96 bits per heavy atom. The molecule has 0 unspecified atom stereocenters. The van der Waals surface area contributed by atoms with Gasteiger partial charge in [0, 0.05) is 11.3 Å². The summed E-state index contributed by atoms with van der Waals surface area (Å²) in [5.41, 5.74) is 2.44. The largest absolute Gasteiger partial charge is 0.493 e. The van der Waals surface area contributed by atoms with E-state index in [0.29, 0.717) is 18.0 Å². The number of aryl methyl sites for hydroxylation is 1. The van der Waals surface area contributed by atoms with Gasteiger partial charge in [-0.25, -0.2) is 0 Å². The molecule has 1 N–H and O–H groups in total. The van der Waals surface area contributed by atoms with Gasteiger partial charge in [-0.1, -0.05) is 42.5 Å². The summed E-state index contributed by atoms with van der Waals surface area (Å²) < 4.78 is 5.72. The second-order valence-electron chi connectivity index (χ2n) is 6.12. The maximum Gasteiger partial charge on any atom is 0.266 e. The van der Waals surface area contributed by atoms with Gasteiger partial charge in [0.2, 0.25) is 0 Å². The number of benzene rings is 3. The number of carbonyl (C=O) groups excluding carboxylic acids is 1. The molecule has 4 heteroatoms. The molecule has 0 bridgehead atoms. The Labute approximate surface area is 158 Å². The molecule has 0 atom stereocenters. The van der Waals surface area contributed by atoms with E-state index in [1.54, 1.807) is 12.1 Å². The fourth-order valence-corrected chi connectivity index (χ4v) is 2.92. The van der Waals surface area contributed by atoms with Crippen LogP contribution in [0, 0.1) is 18.3 Å². The van der Waals surface area contributed by atoms with Crippen molar-refractivity contribution in [1.29, 1.82) is 5.26 Å². The minimum absolute atomic E-state index is 0.0220. The zero-order valence-corrected chi connectivity index (χ0v) is 15.3. The Morgan fingerprint density at radius 3 is 2.70 bits per heavy atom. The fourth-order valence-electron chi connectivity index (χ4n) is 2.92. The lowest BCUT2D eigenvalue weighted by atomic mass is 10.0. The Balaban J connectivity index is 2.03. The molecule has 0 aliphatic carbocycles. The lowest BCUT2D eigenvalue weighted by molar-refractivity contribution is -0.112. The fraction of sp³-hybridized carbons (Fsp3) is 0.130. The predicted octanol–water partition coefficient (Wildman–Crippen LogP) is 5.09. The Morgan fingerprint density at radius 1 is 1.15 bits per heavy atom. The van der Waals surface area contributed by atoms with Crippen LogP contribution >= 0.6 is 0 Å². The molecule has 27 heavy (non-hydrogen) atoms. The van der Waals surface area contributed by atoms with Gasteiger partial charge in [-0.05, 0) is 54.5 Å². The number of carbonyl (C=O) groups is 1. The molecule has 0 spiro atoms. The van der Waals surface area contributed by atoms with Crippen LogP contribution < -0.4 is 10.1 Å². The van der Waals surface area contributed by atoms with E-state index in [0.717, 1.165) is 21.9 Å². The summed E-state index contributed by atoms with van der Waals surface area (Å²) in [7, 11) is 0. The highest BCUT2D eigenvalue weighted by molar-refractivity contribution is 6.11. The Hall–Kier alpha value is -3.58. The second kappa shape index (κ2) is 8.20. The minimum Gasteiger partial charge on any atom is -0.493 e. The van der Waals surface area contributed by atoms with Crippen molar-refractivity contribution < 1.29 is 9.53 Å². The van der Waals surface area contributed by atoms with Crippen LogP contribution in [0.25, 0.3) is 16.8 Å². The molecule has 4 nitrogen and oxygen atoms in total. The first-order valence-electron chi connectivity index (χ1n) is 8.76. The molecule has 0 saturated heterocycles. The molecule has 0 aliphatic heterocycles. The van der Waals surface area contributed by atoms with Gasteiger partial charge in [0.1, 0.15) is 17.4 Å². The van der Waals surface area contributed by atoms with Crippen LogP contribution in [0.3, 0.4) is 0 Å². The summed E-state index contributed by atoms with van der Waals surface area (Å²) in [6.07, 6.45) is 1.60. The molecule has 134 valence electrons. The predicted molar refractivity (Wildman–Crippen MR) is 109 cm³/mol. The van der Waals surface area contributed by atoms with Gasteiger partial charge in [0.15, 0.2) is 0 Å². The third kappa shape index (κ3) is 4.16. The van der Waals surface area contributed by atoms with Crippen molar-refractivity contribution in [2.24, 2.45) is 0 Å². The lowest BCUT2D eigenvalue weighted by Gasteiger charge is -2.11. The first-order chi connectivity index (χ1) is 13.1. The van der Waals surface area contributed by atoms with Crippen molar-refractivity contribution in [3.63, 3.8) is 0 Å². The number of hydrogen-bond acceptors (Lipinski definition) is 3. The average molecular weight is 356 g/mol. The van der Waals surface area contributed by atoms with E-state index < -0.39 is 5.91 Å². The number of hydrogen-bond donors (Lipinski definition) is 1. The molecule has 1 amide bonds. The zero-order chi connectivity index (χ0) is 19.2. The van der Waals surface area contributed by atoms with Gasteiger partial charge in [-0.15, -0.1) is 0 Å². The van der Waals surface area contributed by atoms with Crippen molar-refractivity contribution in [1.82, 2.24) is 0 Å². The smallest absolute Gasteiger partial charge is 0.266 e. The normalized spacial score (nSPS) is 11.1. The van der Waals surface area contributed by atoms with Crippen LogP contribution in [0.4, 0.5) is 5.69 Å². The molecule has 0 fully saturated rings. The van der Waals surface area contributed by atoms with E-state index in [9.17, 15) is 10.1 Å². The Kier molecular flexibility index (Phi) is 5.53. The van der Waals surface area contributed by atoms with E-state index in [-0.39, 0.29) is 5.57 Å². The number of nitrogens with zero attached hydrogens (tertiary/aromatic N) is 1. The van der Waals surface area contributed by atoms with E-state index in [1.165, 1.54) is 0 Å². The average Bonchev–Trinajstić information content (AvgIpc) is 2.67. The topological polar surface area (TPSA) is 62.1 Å². The first kappa shape index (κ1) is 18.2. The number of fused-ring (bicyclic) bond motifs is 1. The van der Waals surface area contributed by atoms with E-state index >= 15 is 0 Å². The summed E-state index contributed by atoms with van der Waals surface area (Å²) in [6.45, 7) is 4.34. The van der Waals surface area contributed by atoms with Gasteiger partial charge < -0.3 is 10.1 Å². The van der Waals surface area contributed by atoms with Crippen molar-refractivity contribution in [3.8, 4) is 11.8 Å². The molecular formula is C23H20N2O2. The first-order valence-corrected chi connectivity index (χ1v) is 8.76. The molecule has 0 saturated carbocycles. The summed E-state index contributed by atoms with van der Waals surface area (Å²) in [6, 6.07) is 21.1. The van der Waals surface area contributed by atoms with Crippen LogP contribution in [-0.2, 0) is 4.79 Å². The number of amides is 1. The summed E-state index contributed by atoms with van der Waals surface area (Å²) in [5.74, 6) is 0.200. The quantitative estimate of drug-likeness (QED) is 0.511. The number of nitriles is 1. The van der Waals surface area contributed by atoms with Crippen molar-refractivity contribution in [2.45, 2.75) is 13.8 Å². The number of rotatable bonds is 5. The van der Waals surface area contributed by atoms with Crippen LogP contribution in [0.5, 0.6) is 5.75 Å². The molecule has 0 aliphatic rings. The standard InChI is InChI=1S/C23H20N2O2/c1-3-27-22-12-11-17-8-4-5-10-20(17)21(22)14-18(15-24)23(26)25-19-9-6-7-16(2)13-19/h4-14H,3H2,1-2H3,(H,25,26)/b18-14-. The Bertz CT molecular complexity index is 1060. The van der Waals surface area contributed by atoms with Crippen LogP contribution in [0.2, 0.25) is 0 Å². The molecular weight excluding hydrogens is 336 g/mol. The molecule has 3 rings (SSSR count). The van der Waals surface area contributed by atoms with Gasteiger partial charge >= 0.3 is 0 Å². The second-order valence-corrected chi connectivity index (χ2v) is 6.12.